The summed E-state index contributed by atoms with van der Waals surface area (Å²) >= 11 is 0. The number of para-hydroxylation sites is 2. The summed E-state index contributed by atoms with van der Waals surface area (Å²) < 4.78 is 2.13. The van der Waals surface area contributed by atoms with Crippen molar-refractivity contribution in [3.05, 3.63) is 48.5 Å². The van der Waals surface area contributed by atoms with Gasteiger partial charge in [0.05, 0.1) is 6.04 Å². The summed E-state index contributed by atoms with van der Waals surface area (Å²) in [6.07, 6.45) is 0. The fraction of sp³-hybridized carbons (Fsp3) is 0.188. The largest absolute Gasteiger partial charge is 0.330 e. The average Bonchev–Trinajstić information content (AvgIpc) is 2.72. The van der Waals surface area contributed by atoms with Crippen LogP contribution < -0.4 is 0 Å². The van der Waals surface area contributed by atoms with Gasteiger partial charge in [-0.15, -0.1) is 0 Å². The lowest BCUT2D eigenvalue weighted by Crippen LogP contribution is -2.12. The predicted molar refractivity (Wildman–Crippen MR) is 74.8 cm³/mol. The molecule has 18 heavy (non-hydrogen) atoms. The summed E-state index contributed by atoms with van der Waals surface area (Å²) in [4.78, 5) is 11.7. The predicted octanol–water partition coefficient (Wildman–Crippen LogP) is 3.94. The zero-order valence-corrected chi connectivity index (χ0v) is 10.6. The summed E-state index contributed by atoms with van der Waals surface area (Å²) in [5.41, 5.74) is 2.25. The molecule has 3 aromatic rings. The number of Topliss-reactive ketones (excluding diaryl/α,β-unsaturated/α-hetero) is 1. The number of benzene rings is 2. The Labute approximate surface area is 106 Å². The van der Waals surface area contributed by atoms with E-state index in [2.05, 4.69) is 28.8 Å². The molecule has 2 nitrogen and oxygen atoms in total. The van der Waals surface area contributed by atoms with Gasteiger partial charge >= 0.3 is 0 Å². The molecule has 2 heteroatoms. The van der Waals surface area contributed by atoms with Gasteiger partial charge in [0.2, 0.25) is 0 Å². The Kier molecular flexibility index (Phi) is 2.44. The van der Waals surface area contributed by atoms with Crippen molar-refractivity contribution < 1.29 is 4.79 Å². The molecule has 0 saturated heterocycles. The molecule has 1 atom stereocenters. The maximum Gasteiger partial charge on any atom is 0.152 e. The Morgan fingerprint density at radius 3 is 1.83 bits per heavy atom. The van der Waals surface area contributed by atoms with Gasteiger partial charge in [-0.3, -0.25) is 4.79 Å². The maximum absolute atomic E-state index is 11.7. The molecule has 0 fully saturated rings. The molecular formula is C16H15NO. The molecule has 0 aliphatic carbocycles. The van der Waals surface area contributed by atoms with Crippen LogP contribution in [0.1, 0.15) is 19.9 Å². The van der Waals surface area contributed by atoms with Crippen LogP contribution in [0.5, 0.6) is 0 Å². The van der Waals surface area contributed by atoms with E-state index < -0.39 is 0 Å². The smallest absolute Gasteiger partial charge is 0.152 e. The molecule has 0 aliphatic heterocycles. The lowest BCUT2D eigenvalue weighted by atomic mass is 10.2. The number of fused-ring (bicyclic) bond motifs is 3. The van der Waals surface area contributed by atoms with Gasteiger partial charge in [-0.25, -0.2) is 0 Å². The first-order valence-electron chi connectivity index (χ1n) is 6.18. The lowest BCUT2D eigenvalue weighted by molar-refractivity contribution is -0.119. The quantitative estimate of drug-likeness (QED) is 0.661. The normalized spacial score (nSPS) is 13.0. The summed E-state index contributed by atoms with van der Waals surface area (Å²) in [6, 6.07) is 16.4. The Bertz CT molecular complexity index is 686. The van der Waals surface area contributed by atoms with Crippen LogP contribution in [0.3, 0.4) is 0 Å². The number of rotatable bonds is 2. The van der Waals surface area contributed by atoms with Gasteiger partial charge in [-0.1, -0.05) is 36.4 Å². The summed E-state index contributed by atoms with van der Waals surface area (Å²) in [5, 5.41) is 2.42. The van der Waals surface area contributed by atoms with Crippen molar-refractivity contribution in [3.8, 4) is 0 Å². The third-order valence-electron chi connectivity index (χ3n) is 3.59. The van der Waals surface area contributed by atoms with E-state index in [9.17, 15) is 4.79 Å². The van der Waals surface area contributed by atoms with Crippen LogP contribution in [0.25, 0.3) is 21.8 Å². The molecule has 0 radical (unpaired) electrons. The zero-order chi connectivity index (χ0) is 12.7. The van der Waals surface area contributed by atoms with Gasteiger partial charge in [0.1, 0.15) is 0 Å². The fourth-order valence-electron chi connectivity index (χ4n) is 2.55. The highest BCUT2D eigenvalue weighted by atomic mass is 16.1. The minimum atomic E-state index is -0.130. The standard InChI is InChI=1S/C16H15NO/c1-11(12(2)18)17-15-9-5-3-7-13(15)14-8-4-6-10-16(14)17/h3-11H,1-2H3. The van der Waals surface area contributed by atoms with Gasteiger partial charge in [-0.2, -0.15) is 0 Å². The molecule has 0 amide bonds. The highest BCUT2D eigenvalue weighted by Crippen LogP contribution is 2.31. The number of hydrogen-bond donors (Lipinski definition) is 0. The van der Waals surface area contributed by atoms with E-state index in [4.69, 9.17) is 0 Å². The molecule has 3 rings (SSSR count). The van der Waals surface area contributed by atoms with Crippen molar-refractivity contribution in [1.29, 1.82) is 0 Å². The van der Waals surface area contributed by atoms with Gasteiger partial charge in [0.25, 0.3) is 0 Å². The Balaban J connectivity index is 2.49. The topological polar surface area (TPSA) is 22.0 Å². The molecule has 0 spiro atoms. The molecule has 1 aromatic heterocycles. The third-order valence-corrected chi connectivity index (χ3v) is 3.59. The third kappa shape index (κ3) is 1.46. The van der Waals surface area contributed by atoms with Crippen LogP contribution >= 0.6 is 0 Å². The van der Waals surface area contributed by atoms with E-state index in [1.165, 1.54) is 10.8 Å². The number of hydrogen-bond acceptors (Lipinski definition) is 1. The van der Waals surface area contributed by atoms with Gasteiger partial charge in [0, 0.05) is 21.8 Å². The van der Waals surface area contributed by atoms with Gasteiger partial charge < -0.3 is 4.57 Å². The maximum atomic E-state index is 11.7. The number of carbonyl (C=O) groups is 1. The number of carbonyl (C=O) groups excluding carboxylic acids is 1. The van der Waals surface area contributed by atoms with E-state index in [-0.39, 0.29) is 11.8 Å². The highest BCUT2D eigenvalue weighted by Gasteiger charge is 2.16. The summed E-state index contributed by atoms with van der Waals surface area (Å²) in [5.74, 6) is 0.182. The van der Waals surface area contributed by atoms with E-state index in [0.29, 0.717) is 0 Å². The molecule has 0 N–H and O–H groups in total. The Morgan fingerprint density at radius 1 is 0.944 bits per heavy atom. The second-order valence-electron chi connectivity index (χ2n) is 4.69. The second-order valence-corrected chi connectivity index (χ2v) is 4.69. The molecule has 0 saturated carbocycles. The van der Waals surface area contributed by atoms with Crippen LogP contribution in [0, 0.1) is 0 Å². The Hall–Kier alpha value is -2.09. The minimum Gasteiger partial charge on any atom is -0.330 e. The van der Waals surface area contributed by atoms with E-state index in [0.717, 1.165) is 11.0 Å². The first-order chi connectivity index (χ1) is 8.70. The molecular weight excluding hydrogens is 222 g/mol. The molecule has 1 unspecified atom stereocenters. The summed E-state index contributed by atoms with van der Waals surface area (Å²) in [6.45, 7) is 3.61. The van der Waals surface area contributed by atoms with Crippen LogP contribution in [0.2, 0.25) is 0 Å². The molecule has 2 aromatic carbocycles. The molecule has 1 heterocycles. The number of aromatic nitrogens is 1. The van der Waals surface area contributed by atoms with E-state index >= 15 is 0 Å². The van der Waals surface area contributed by atoms with Crippen LogP contribution in [-0.4, -0.2) is 10.4 Å². The van der Waals surface area contributed by atoms with Crippen molar-refractivity contribution in [1.82, 2.24) is 4.57 Å². The first kappa shape index (κ1) is 11.0. The van der Waals surface area contributed by atoms with Gasteiger partial charge in [-0.05, 0) is 26.0 Å². The first-order valence-corrected chi connectivity index (χ1v) is 6.18. The molecule has 0 aliphatic rings. The Morgan fingerprint density at radius 2 is 1.39 bits per heavy atom. The lowest BCUT2D eigenvalue weighted by Gasteiger charge is -2.13. The van der Waals surface area contributed by atoms with Crippen molar-refractivity contribution >= 4 is 27.6 Å². The van der Waals surface area contributed by atoms with Crippen LogP contribution in [0.4, 0.5) is 0 Å². The highest BCUT2D eigenvalue weighted by molar-refractivity contribution is 6.08. The van der Waals surface area contributed by atoms with Gasteiger partial charge in [0.15, 0.2) is 5.78 Å². The van der Waals surface area contributed by atoms with E-state index in [1.807, 2.05) is 31.2 Å². The van der Waals surface area contributed by atoms with E-state index in [1.54, 1.807) is 6.92 Å². The van der Waals surface area contributed by atoms with Crippen LogP contribution in [-0.2, 0) is 4.79 Å². The number of nitrogens with zero attached hydrogens (tertiary/aromatic N) is 1. The van der Waals surface area contributed by atoms with Crippen molar-refractivity contribution in [3.63, 3.8) is 0 Å². The van der Waals surface area contributed by atoms with Crippen LogP contribution in [0.15, 0.2) is 48.5 Å². The monoisotopic (exact) mass is 237 g/mol. The van der Waals surface area contributed by atoms with Crippen molar-refractivity contribution in [2.45, 2.75) is 19.9 Å². The second kappa shape index (κ2) is 3.98. The average molecular weight is 237 g/mol. The summed E-state index contributed by atoms with van der Waals surface area (Å²) in [7, 11) is 0. The number of ketones is 1. The minimum absolute atomic E-state index is 0.130. The fourth-order valence-corrected chi connectivity index (χ4v) is 2.55. The van der Waals surface area contributed by atoms with Crippen molar-refractivity contribution in [2.24, 2.45) is 0 Å². The van der Waals surface area contributed by atoms with Crippen molar-refractivity contribution in [2.75, 3.05) is 0 Å². The molecule has 0 bridgehead atoms. The zero-order valence-electron chi connectivity index (χ0n) is 10.6. The SMILES string of the molecule is CC(=O)C(C)n1c2ccccc2c2ccccc21. The molecule has 90 valence electrons.